The minimum absolute atomic E-state index is 0.595. The molecule has 0 aliphatic carbocycles. The molecule has 18 heavy (non-hydrogen) atoms. The molecule has 0 spiro atoms. The highest BCUT2D eigenvalue weighted by atomic mass is 32.1. The summed E-state index contributed by atoms with van der Waals surface area (Å²) in [5.41, 5.74) is 1.71. The van der Waals surface area contributed by atoms with Gasteiger partial charge in [-0.3, -0.25) is 4.98 Å². The Bertz CT molecular complexity index is 496. The average Bonchev–Trinajstić information content (AvgIpc) is 2.88. The van der Waals surface area contributed by atoms with Crippen molar-refractivity contribution in [2.75, 3.05) is 6.61 Å². The minimum atomic E-state index is 0.595. The maximum absolute atomic E-state index is 5.64. The van der Waals surface area contributed by atoms with E-state index in [0.717, 1.165) is 35.8 Å². The number of allylic oxidation sites excluding steroid dienone is 1. The van der Waals surface area contributed by atoms with Crippen molar-refractivity contribution in [1.82, 2.24) is 13.7 Å². The Kier molecular flexibility index (Phi) is 4.84. The normalized spacial score (nSPS) is 10.9. The summed E-state index contributed by atoms with van der Waals surface area (Å²) in [6.45, 7) is 2.73. The molecule has 0 N–H and O–H groups in total. The molecule has 0 aromatic carbocycles. The van der Waals surface area contributed by atoms with Crippen molar-refractivity contribution in [2.45, 2.75) is 19.8 Å². The largest absolute Gasteiger partial charge is 0.475 e. The molecule has 0 amide bonds. The molecule has 0 radical (unpaired) electrons. The fraction of sp³-hybridized carbons (Fsp3) is 0.308. The first kappa shape index (κ1) is 12.7. The van der Waals surface area contributed by atoms with Gasteiger partial charge >= 0.3 is 0 Å². The van der Waals surface area contributed by atoms with Crippen molar-refractivity contribution >= 4 is 11.7 Å². The van der Waals surface area contributed by atoms with Gasteiger partial charge in [0.05, 0.1) is 18.3 Å². The second-order valence-electron chi connectivity index (χ2n) is 3.68. The molecule has 0 aliphatic rings. The van der Waals surface area contributed by atoms with Crippen LogP contribution in [-0.4, -0.2) is 20.3 Å². The fourth-order valence-corrected chi connectivity index (χ4v) is 1.98. The SMILES string of the molecule is CC/C=C\CCOc1nsnc1-c1cccnc1. The molecule has 0 fully saturated rings. The number of pyridine rings is 1. The van der Waals surface area contributed by atoms with E-state index in [2.05, 4.69) is 32.8 Å². The molecule has 5 heteroatoms. The Labute approximate surface area is 111 Å². The van der Waals surface area contributed by atoms with Crippen LogP contribution in [0, 0.1) is 0 Å². The molecule has 94 valence electrons. The van der Waals surface area contributed by atoms with Gasteiger partial charge in [0.2, 0.25) is 0 Å². The van der Waals surface area contributed by atoms with Crippen molar-refractivity contribution < 1.29 is 4.74 Å². The summed E-state index contributed by atoms with van der Waals surface area (Å²) in [4.78, 5) is 4.07. The van der Waals surface area contributed by atoms with Crippen LogP contribution in [0.5, 0.6) is 5.88 Å². The summed E-state index contributed by atoms with van der Waals surface area (Å²) in [5.74, 6) is 0.595. The summed E-state index contributed by atoms with van der Waals surface area (Å²) < 4.78 is 14.1. The monoisotopic (exact) mass is 261 g/mol. The maximum atomic E-state index is 5.64. The van der Waals surface area contributed by atoms with Crippen molar-refractivity contribution in [3.8, 4) is 17.1 Å². The van der Waals surface area contributed by atoms with Crippen LogP contribution >= 0.6 is 11.7 Å². The van der Waals surface area contributed by atoms with Crippen LogP contribution in [0.3, 0.4) is 0 Å². The zero-order valence-corrected chi connectivity index (χ0v) is 11.1. The highest BCUT2D eigenvalue weighted by Gasteiger charge is 2.11. The molecule has 2 rings (SSSR count). The standard InChI is InChI=1S/C13H15N3OS/c1-2-3-4-5-9-17-13-12(15-18-16-13)11-7-6-8-14-10-11/h3-4,6-8,10H,2,5,9H2,1H3/b4-3-. The third-order valence-corrected chi connectivity index (χ3v) is 2.83. The van der Waals surface area contributed by atoms with Crippen molar-refractivity contribution in [1.29, 1.82) is 0 Å². The summed E-state index contributed by atoms with van der Waals surface area (Å²) >= 11 is 1.16. The van der Waals surface area contributed by atoms with Crippen molar-refractivity contribution in [3.05, 3.63) is 36.7 Å². The van der Waals surface area contributed by atoms with Crippen LogP contribution in [-0.2, 0) is 0 Å². The van der Waals surface area contributed by atoms with Gasteiger partial charge in [0.25, 0.3) is 5.88 Å². The van der Waals surface area contributed by atoms with Crippen LogP contribution < -0.4 is 4.74 Å². The van der Waals surface area contributed by atoms with Gasteiger partial charge in [-0.05, 0) is 25.0 Å². The third-order valence-electron chi connectivity index (χ3n) is 2.32. The summed E-state index contributed by atoms with van der Waals surface area (Å²) in [5, 5.41) is 0. The number of aromatic nitrogens is 3. The van der Waals surface area contributed by atoms with Gasteiger partial charge in [0.15, 0.2) is 0 Å². The number of ether oxygens (including phenoxy) is 1. The van der Waals surface area contributed by atoms with Gasteiger partial charge in [-0.25, -0.2) is 0 Å². The highest BCUT2D eigenvalue weighted by molar-refractivity contribution is 6.99. The van der Waals surface area contributed by atoms with Gasteiger partial charge in [-0.1, -0.05) is 19.1 Å². The predicted octanol–water partition coefficient (Wildman–Crippen LogP) is 3.34. The van der Waals surface area contributed by atoms with Crippen LogP contribution in [0.25, 0.3) is 11.3 Å². The summed E-state index contributed by atoms with van der Waals surface area (Å²) in [7, 11) is 0. The molecule has 0 aliphatic heterocycles. The molecule has 0 saturated heterocycles. The van der Waals surface area contributed by atoms with Gasteiger partial charge in [0.1, 0.15) is 5.69 Å². The molecule has 2 aromatic heterocycles. The van der Waals surface area contributed by atoms with E-state index in [9.17, 15) is 0 Å². The second-order valence-corrected chi connectivity index (χ2v) is 4.20. The topological polar surface area (TPSA) is 47.9 Å². The first-order valence-corrected chi connectivity index (χ1v) is 6.65. The van der Waals surface area contributed by atoms with E-state index in [1.165, 1.54) is 0 Å². The van der Waals surface area contributed by atoms with Crippen molar-refractivity contribution in [2.24, 2.45) is 0 Å². The predicted molar refractivity (Wildman–Crippen MR) is 72.7 cm³/mol. The summed E-state index contributed by atoms with van der Waals surface area (Å²) in [6, 6.07) is 3.83. The molecule has 0 atom stereocenters. The fourth-order valence-electron chi connectivity index (χ4n) is 1.46. The van der Waals surface area contributed by atoms with Gasteiger partial charge in [-0.15, -0.1) is 4.37 Å². The van der Waals surface area contributed by atoms with E-state index in [-0.39, 0.29) is 0 Å². The Balaban J connectivity index is 1.98. The van der Waals surface area contributed by atoms with Crippen LogP contribution in [0.1, 0.15) is 19.8 Å². The number of nitrogens with zero attached hydrogens (tertiary/aromatic N) is 3. The number of rotatable bonds is 6. The second kappa shape index (κ2) is 6.86. The highest BCUT2D eigenvalue weighted by Crippen LogP contribution is 2.26. The quantitative estimate of drug-likeness (QED) is 0.591. The Morgan fingerprint density at radius 2 is 2.28 bits per heavy atom. The molecular weight excluding hydrogens is 246 g/mol. The van der Waals surface area contributed by atoms with Gasteiger partial charge in [0, 0.05) is 18.0 Å². The molecule has 4 nitrogen and oxygen atoms in total. The minimum Gasteiger partial charge on any atom is -0.475 e. The lowest BCUT2D eigenvalue weighted by Gasteiger charge is -2.02. The first-order chi connectivity index (χ1) is 8.92. The first-order valence-electron chi connectivity index (χ1n) is 5.92. The zero-order chi connectivity index (χ0) is 12.6. The van der Waals surface area contributed by atoms with Crippen LogP contribution in [0.4, 0.5) is 0 Å². The molecule has 0 unspecified atom stereocenters. The average molecular weight is 261 g/mol. The van der Waals surface area contributed by atoms with E-state index in [1.54, 1.807) is 12.4 Å². The van der Waals surface area contributed by atoms with E-state index in [1.807, 2.05) is 12.1 Å². The van der Waals surface area contributed by atoms with E-state index >= 15 is 0 Å². The number of hydrogen-bond acceptors (Lipinski definition) is 5. The van der Waals surface area contributed by atoms with Crippen LogP contribution in [0.2, 0.25) is 0 Å². The van der Waals surface area contributed by atoms with E-state index < -0.39 is 0 Å². The van der Waals surface area contributed by atoms with Gasteiger partial charge in [-0.2, -0.15) is 4.37 Å². The van der Waals surface area contributed by atoms with Crippen molar-refractivity contribution in [3.63, 3.8) is 0 Å². The maximum Gasteiger partial charge on any atom is 0.254 e. The van der Waals surface area contributed by atoms with Gasteiger partial charge < -0.3 is 4.74 Å². The molecular formula is C13H15N3OS. The zero-order valence-electron chi connectivity index (χ0n) is 10.2. The van der Waals surface area contributed by atoms with Crippen LogP contribution in [0.15, 0.2) is 36.7 Å². The Hall–Kier alpha value is -1.75. The molecule has 2 aromatic rings. The summed E-state index contributed by atoms with van der Waals surface area (Å²) in [6.07, 6.45) is 9.69. The Morgan fingerprint density at radius 3 is 3.06 bits per heavy atom. The number of hydrogen-bond donors (Lipinski definition) is 0. The third kappa shape index (κ3) is 3.37. The van der Waals surface area contributed by atoms with E-state index in [4.69, 9.17) is 4.74 Å². The molecule has 0 bridgehead atoms. The lowest BCUT2D eigenvalue weighted by molar-refractivity contribution is 0.316. The Morgan fingerprint density at radius 1 is 1.33 bits per heavy atom. The molecule has 2 heterocycles. The van der Waals surface area contributed by atoms with E-state index in [0.29, 0.717) is 12.5 Å². The smallest absolute Gasteiger partial charge is 0.254 e. The lowest BCUT2D eigenvalue weighted by atomic mass is 10.2. The lowest BCUT2D eigenvalue weighted by Crippen LogP contribution is -1.97. The molecule has 0 saturated carbocycles.